The van der Waals surface area contributed by atoms with Crippen LogP contribution in [0.15, 0.2) is 23.1 Å². The van der Waals surface area contributed by atoms with E-state index in [2.05, 4.69) is 0 Å². The van der Waals surface area contributed by atoms with Crippen LogP contribution in [0.5, 0.6) is 0 Å². The van der Waals surface area contributed by atoms with Crippen molar-refractivity contribution in [2.24, 2.45) is 5.73 Å². The molecule has 20 heavy (non-hydrogen) atoms. The zero-order valence-electron chi connectivity index (χ0n) is 12.0. The minimum atomic E-state index is -3.74. The Morgan fingerprint density at radius 2 is 2.00 bits per heavy atom. The molecule has 0 saturated heterocycles. The van der Waals surface area contributed by atoms with Gasteiger partial charge in [-0.15, -0.1) is 0 Å². The van der Waals surface area contributed by atoms with Gasteiger partial charge in [0.25, 0.3) is 0 Å². The Hall–Kier alpha value is -1.02. The standard InChI is InChI=1S/C13H20N2O3S2/c1-9-5-6-10(12(14)19)7-11(9)20(17,18)15(4)13(2,3)8-16/h5-7,16H,8H2,1-4H3,(H2,14,19). The molecule has 0 aromatic heterocycles. The van der Waals surface area contributed by atoms with Crippen LogP contribution >= 0.6 is 12.2 Å². The van der Waals surface area contributed by atoms with Crippen LogP contribution in [0.4, 0.5) is 0 Å². The van der Waals surface area contributed by atoms with Gasteiger partial charge in [-0.2, -0.15) is 4.31 Å². The minimum absolute atomic E-state index is 0.144. The van der Waals surface area contributed by atoms with E-state index in [0.717, 1.165) is 4.31 Å². The number of thiocarbonyl (C=S) groups is 1. The number of hydrogen-bond acceptors (Lipinski definition) is 4. The van der Waals surface area contributed by atoms with E-state index in [1.54, 1.807) is 32.9 Å². The molecule has 0 fully saturated rings. The third-order valence-electron chi connectivity index (χ3n) is 3.35. The molecule has 112 valence electrons. The van der Waals surface area contributed by atoms with Gasteiger partial charge in [0, 0.05) is 12.6 Å². The van der Waals surface area contributed by atoms with Crippen LogP contribution in [0.2, 0.25) is 0 Å². The average molecular weight is 316 g/mol. The lowest BCUT2D eigenvalue weighted by Crippen LogP contribution is -2.47. The Kier molecular flexibility index (Phi) is 4.91. The van der Waals surface area contributed by atoms with E-state index >= 15 is 0 Å². The topological polar surface area (TPSA) is 83.6 Å². The maximum Gasteiger partial charge on any atom is 0.243 e. The molecule has 0 atom stereocenters. The molecule has 1 aromatic rings. The van der Waals surface area contributed by atoms with Crippen molar-refractivity contribution in [2.45, 2.75) is 31.2 Å². The SMILES string of the molecule is Cc1ccc(C(N)=S)cc1S(=O)(=O)N(C)C(C)(C)CO. The lowest BCUT2D eigenvalue weighted by atomic mass is 10.1. The van der Waals surface area contributed by atoms with Crippen molar-refractivity contribution in [3.05, 3.63) is 29.3 Å². The second-order valence-corrected chi connectivity index (χ2v) is 7.67. The summed E-state index contributed by atoms with van der Waals surface area (Å²) < 4.78 is 26.5. The number of aliphatic hydroxyl groups is 1. The van der Waals surface area contributed by atoms with Gasteiger partial charge < -0.3 is 10.8 Å². The van der Waals surface area contributed by atoms with Gasteiger partial charge in [0.1, 0.15) is 4.99 Å². The fourth-order valence-corrected chi connectivity index (χ4v) is 3.48. The maximum absolute atomic E-state index is 12.7. The molecule has 0 aliphatic carbocycles. The van der Waals surface area contributed by atoms with Gasteiger partial charge in [0.15, 0.2) is 0 Å². The highest BCUT2D eigenvalue weighted by Crippen LogP contribution is 2.25. The predicted molar refractivity (Wildman–Crippen MR) is 83.2 cm³/mol. The summed E-state index contributed by atoms with van der Waals surface area (Å²) in [7, 11) is -2.29. The largest absolute Gasteiger partial charge is 0.394 e. The Morgan fingerprint density at radius 3 is 2.45 bits per heavy atom. The van der Waals surface area contributed by atoms with Gasteiger partial charge in [0.05, 0.1) is 17.0 Å². The second kappa shape index (κ2) is 5.77. The Bertz CT molecular complexity index is 625. The van der Waals surface area contributed by atoms with E-state index in [1.807, 2.05) is 0 Å². The Labute approximate surface area is 125 Å². The highest BCUT2D eigenvalue weighted by molar-refractivity contribution is 7.89. The number of hydrogen-bond donors (Lipinski definition) is 2. The van der Waals surface area contributed by atoms with Crippen molar-refractivity contribution in [1.82, 2.24) is 4.31 Å². The van der Waals surface area contributed by atoms with Crippen LogP contribution in [0, 0.1) is 6.92 Å². The third-order valence-corrected chi connectivity index (χ3v) is 5.80. The molecule has 1 rings (SSSR count). The first-order valence-electron chi connectivity index (χ1n) is 6.04. The summed E-state index contributed by atoms with van der Waals surface area (Å²) in [5.74, 6) is 0. The molecule has 1 aromatic carbocycles. The highest BCUT2D eigenvalue weighted by atomic mass is 32.2. The quantitative estimate of drug-likeness (QED) is 0.793. The first-order valence-corrected chi connectivity index (χ1v) is 7.89. The van der Waals surface area contributed by atoms with Crippen LogP contribution in [-0.4, -0.2) is 42.0 Å². The van der Waals surface area contributed by atoms with Gasteiger partial charge in [-0.1, -0.05) is 24.4 Å². The number of nitrogens with two attached hydrogens (primary N) is 1. The summed E-state index contributed by atoms with van der Waals surface area (Å²) in [5.41, 5.74) is 5.75. The summed E-state index contributed by atoms with van der Waals surface area (Å²) in [5, 5.41) is 9.34. The molecule has 0 aliphatic heterocycles. The first-order chi connectivity index (χ1) is 9.04. The molecule has 0 bridgehead atoms. The van der Waals surface area contributed by atoms with Gasteiger partial charge in [-0.05, 0) is 32.4 Å². The van der Waals surface area contributed by atoms with Crippen molar-refractivity contribution in [2.75, 3.05) is 13.7 Å². The third kappa shape index (κ3) is 3.17. The smallest absolute Gasteiger partial charge is 0.243 e. The normalized spacial score (nSPS) is 12.7. The Morgan fingerprint density at radius 1 is 1.45 bits per heavy atom. The molecule has 0 heterocycles. The number of nitrogens with zero attached hydrogens (tertiary/aromatic N) is 1. The van der Waals surface area contributed by atoms with Crippen LogP contribution in [0.1, 0.15) is 25.0 Å². The average Bonchev–Trinajstić information content (AvgIpc) is 2.37. The summed E-state index contributed by atoms with van der Waals surface area (Å²) in [6.45, 7) is 4.72. The zero-order chi connectivity index (χ0) is 15.7. The number of aryl methyl sites for hydroxylation is 1. The van der Waals surface area contributed by atoms with Crippen molar-refractivity contribution in [3.8, 4) is 0 Å². The van der Waals surface area contributed by atoms with Crippen molar-refractivity contribution in [1.29, 1.82) is 0 Å². The summed E-state index contributed by atoms with van der Waals surface area (Å²) in [6.07, 6.45) is 0. The molecule has 0 amide bonds. The number of benzene rings is 1. The van der Waals surface area contributed by atoms with E-state index < -0.39 is 15.6 Å². The molecule has 0 radical (unpaired) electrons. The molecule has 0 unspecified atom stereocenters. The zero-order valence-corrected chi connectivity index (χ0v) is 13.7. The summed E-state index contributed by atoms with van der Waals surface area (Å²) >= 11 is 4.88. The monoisotopic (exact) mass is 316 g/mol. The molecule has 3 N–H and O–H groups in total. The van der Waals surface area contributed by atoms with E-state index in [0.29, 0.717) is 11.1 Å². The van der Waals surface area contributed by atoms with Crippen molar-refractivity contribution >= 4 is 27.2 Å². The molecule has 7 heteroatoms. The fraction of sp³-hybridized carbons (Fsp3) is 0.462. The molecular weight excluding hydrogens is 296 g/mol. The second-order valence-electron chi connectivity index (χ2n) is 5.29. The van der Waals surface area contributed by atoms with E-state index in [9.17, 15) is 13.5 Å². The lowest BCUT2D eigenvalue weighted by Gasteiger charge is -2.33. The molecular formula is C13H20N2O3S2. The molecule has 0 spiro atoms. The minimum Gasteiger partial charge on any atom is -0.394 e. The van der Waals surface area contributed by atoms with Gasteiger partial charge >= 0.3 is 0 Å². The van der Waals surface area contributed by atoms with Crippen LogP contribution in [0.3, 0.4) is 0 Å². The van der Waals surface area contributed by atoms with Gasteiger partial charge in [-0.3, -0.25) is 0 Å². The van der Waals surface area contributed by atoms with E-state index in [4.69, 9.17) is 18.0 Å². The highest BCUT2D eigenvalue weighted by Gasteiger charge is 2.34. The summed E-state index contributed by atoms with van der Waals surface area (Å²) in [4.78, 5) is 0.289. The number of rotatable bonds is 5. The van der Waals surface area contributed by atoms with Gasteiger partial charge in [-0.25, -0.2) is 8.42 Å². The number of aliphatic hydroxyl groups excluding tert-OH is 1. The summed E-state index contributed by atoms with van der Waals surface area (Å²) in [6, 6.07) is 4.83. The lowest BCUT2D eigenvalue weighted by molar-refractivity contribution is 0.138. The van der Waals surface area contributed by atoms with Gasteiger partial charge in [0.2, 0.25) is 10.0 Å². The van der Waals surface area contributed by atoms with Crippen LogP contribution in [-0.2, 0) is 10.0 Å². The first kappa shape index (κ1) is 17.0. The van der Waals surface area contributed by atoms with Crippen LogP contribution < -0.4 is 5.73 Å². The maximum atomic E-state index is 12.7. The van der Waals surface area contributed by atoms with E-state index in [1.165, 1.54) is 13.1 Å². The van der Waals surface area contributed by atoms with Crippen molar-refractivity contribution in [3.63, 3.8) is 0 Å². The van der Waals surface area contributed by atoms with Crippen LogP contribution in [0.25, 0.3) is 0 Å². The molecule has 5 nitrogen and oxygen atoms in total. The molecule has 0 saturated carbocycles. The molecule has 0 aliphatic rings. The number of likely N-dealkylation sites (N-methyl/N-ethyl adjacent to an activating group) is 1. The predicted octanol–water partition coefficient (Wildman–Crippen LogP) is 1.02. The van der Waals surface area contributed by atoms with E-state index in [-0.39, 0.29) is 16.5 Å². The van der Waals surface area contributed by atoms with Crippen molar-refractivity contribution < 1.29 is 13.5 Å². The number of sulfonamides is 1. The Balaban J connectivity index is 3.43. The fourth-order valence-electron chi connectivity index (χ4n) is 1.60.